The Bertz CT molecular complexity index is 429. The van der Waals surface area contributed by atoms with Gasteiger partial charge in [-0.3, -0.25) is 4.90 Å². The zero-order chi connectivity index (χ0) is 13.2. The molecular formula is C17H26N2. The molecule has 1 heterocycles. The second kappa shape index (κ2) is 5.64. The average Bonchev–Trinajstić information content (AvgIpc) is 2.86. The van der Waals surface area contributed by atoms with Crippen LogP contribution in [0.1, 0.15) is 43.9 Å². The van der Waals surface area contributed by atoms with Gasteiger partial charge < -0.3 is 5.32 Å². The molecule has 1 aliphatic heterocycles. The third kappa shape index (κ3) is 2.56. The number of nitrogens with zero attached hydrogens (tertiary/aromatic N) is 1. The van der Waals surface area contributed by atoms with Crippen LogP contribution in [-0.4, -0.2) is 30.6 Å². The molecule has 0 radical (unpaired) electrons. The van der Waals surface area contributed by atoms with Gasteiger partial charge in [0.25, 0.3) is 0 Å². The van der Waals surface area contributed by atoms with Crippen LogP contribution in [0.5, 0.6) is 0 Å². The van der Waals surface area contributed by atoms with Gasteiger partial charge in [0.05, 0.1) is 0 Å². The summed E-state index contributed by atoms with van der Waals surface area (Å²) in [5.41, 5.74) is 3.09. The Labute approximate surface area is 117 Å². The number of fused-ring (bicyclic) bond motifs is 1. The molecular weight excluding hydrogens is 232 g/mol. The molecule has 0 bridgehead atoms. The molecule has 1 fully saturated rings. The van der Waals surface area contributed by atoms with E-state index in [1.165, 1.54) is 32.4 Å². The second-order valence-corrected chi connectivity index (χ2v) is 6.23. The molecule has 2 aliphatic rings. The van der Waals surface area contributed by atoms with Gasteiger partial charge in [0.2, 0.25) is 0 Å². The largest absolute Gasteiger partial charge is 0.309 e. The van der Waals surface area contributed by atoms with Gasteiger partial charge in [0, 0.05) is 18.6 Å². The quantitative estimate of drug-likeness (QED) is 0.896. The summed E-state index contributed by atoms with van der Waals surface area (Å²) in [5.74, 6) is 0.874. The minimum Gasteiger partial charge on any atom is -0.309 e. The van der Waals surface area contributed by atoms with Crippen molar-refractivity contribution < 1.29 is 0 Å². The summed E-state index contributed by atoms with van der Waals surface area (Å²) < 4.78 is 0. The summed E-state index contributed by atoms with van der Waals surface area (Å²) >= 11 is 0. The van der Waals surface area contributed by atoms with E-state index in [4.69, 9.17) is 0 Å². The molecule has 19 heavy (non-hydrogen) atoms. The van der Waals surface area contributed by atoms with Gasteiger partial charge in [0.1, 0.15) is 0 Å². The van der Waals surface area contributed by atoms with E-state index in [-0.39, 0.29) is 0 Å². The van der Waals surface area contributed by atoms with E-state index in [2.05, 4.69) is 48.3 Å². The molecule has 2 nitrogen and oxygen atoms in total. The van der Waals surface area contributed by atoms with Gasteiger partial charge in [-0.05, 0) is 49.4 Å². The summed E-state index contributed by atoms with van der Waals surface area (Å²) in [6.45, 7) is 8.24. The third-order valence-corrected chi connectivity index (χ3v) is 4.83. The van der Waals surface area contributed by atoms with E-state index in [1.54, 1.807) is 11.1 Å². The van der Waals surface area contributed by atoms with Gasteiger partial charge in [-0.1, -0.05) is 38.1 Å². The fraction of sp³-hybridized carbons (Fsp3) is 0.647. The Balaban J connectivity index is 1.85. The van der Waals surface area contributed by atoms with Crippen LogP contribution in [0.15, 0.2) is 24.3 Å². The molecule has 0 aromatic heterocycles. The third-order valence-electron chi connectivity index (χ3n) is 4.83. The highest BCUT2D eigenvalue weighted by molar-refractivity contribution is 5.34. The Morgan fingerprint density at radius 3 is 2.84 bits per heavy atom. The molecule has 0 spiro atoms. The first kappa shape index (κ1) is 13.1. The van der Waals surface area contributed by atoms with Gasteiger partial charge in [0.15, 0.2) is 0 Å². The van der Waals surface area contributed by atoms with Crippen LogP contribution in [0.3, 0.4) is 0 Å². The first-order chi connectivity index (χ1) is 9.29. The smallest absolute Gasteiger partial charge is 0.0480 e. The number of aryl methyl sites for hydroxylation is 1. The van der Waals surface area contributed by atoms with Crippen molar-refractivity contribution in [3.8, 4) is 0 Å². The normalized spacial score (nSPS) is 31.4. The van der Waals surface area contributed by atoms with Crippen molar-refractivity contribution in [1.29, 1.82) is 0 Å². The molecule has 3 atom stereocenters. The Morgan fingerprint density at radius 2 is 2.11 bits per heavy atom. The molecule has 3 unspecified atom stereocenters. The number of likely N-dealkylation sites (tertiary alicyclic amines) is 1. The zero-order valence-electron chi connectivity index (χ0n) is 12.2. The lowest BCUT2D eigenvalue weighted by Gasteiger charge is -2.39. The second-order valence-electron chi connectivity index (χ2n) is 6.23. The number of rotatable bonds is 3. The van der Waals surface area contributed by atoms with E-state index in [9.17, 15) is 0 Å². The summed E-state index contributed by atoms with van der Waals surface area (Å²) in [6.07, 6.45) is 3.92. The highest BCUT2D eigenvalue weighted by Crippen LogP contribution is 2.35. The minimum atomic E-state index is 0.528. The first-order valence-electron chi connectivity index (χ1n) is 7.84. The van der Waals surface area contributed by atoms with Gasteiger partial charge in [-0.15, -0.1) is 0 Å². The van der Waals surface area contributed by atoms with Gasteiger partial charge in [-0.25, -0.2) is 0 Å². The lowest BCUT2D eigenvalue weighted by Crippen LogP contribution is -2.46. The van der Waals surface area contributed by atoms with Crippen molar-refractivity contribution >= 4 is 0 Å². The van der Waals surface area contributed by atoms with Crippen LogP contribution < -0.4 is 5.32 Å². The predicted molar refractivity (Wildman–Crippen MR) is 80.3 cm³/mol. The number of likely N-dealkylation sites (N-methyl/N-ethyl adjacent to an activating group) is 1. The topological polar surface area (TPSA) is 15.3 Å². The molecule has 2 heteroatoms. The lowest BCUT2D eigenvalue weighted by atomic mass is 9.83. The van der Waals surface area contributed by atoms with Crippen molar-refractivity contribution in [3.63, 3.8) is 0 Å². The first-order valence-corrected chi connectivity index (χ1v) is 7.84. The fourth-order valence-corrected chi connectivity index (χ4v) is 3.87. The van der Waals surface area contributed by atoms with Crippen molar-refractivity contribution in [2.75, 3.05) is 19.6 Å². The molecule has 0 amide bonds. The number of benzene rings is 1. The number of hydrogen-bond donors (Lipinski definition) is 1. The highest BCUT2D eigenvalue weighted by Gasteiger charge is 2.35. The van der Waals surface area contributed by atoms with E-state index >= 15 is 0 Å². The Morgan fingerprint density at radius 1 is 1.26 bits per heavy atom. The highest BCUT2D eigenvalue weighted by atomic mass is 15.2. The molecule has 1 aliphatic carbocycles. The van der Waals surface area contributed by atoms with E-state index in [0.29, 0.717) is 12.1 Å². The Kier molecular flexibility index (Phi) is 3.90. The average molecular weight is 258 g/mol. The standard InChI is InChI=1S/C17H26N2/c1-3-18-17-15-7-5-4-6-14(15)8-9-16(17)19-11-10-13(2)12-19/h4-7,13,16-18H,3,8-12H2,1-2H3. The van der Waals surface area contributed by atoms with Gasteiger partial charge in [-0.2, -0.15) is 0 Å². The molecule has 1 saturated heterocycles. The van der Waals surface area contributed by atoms with E-state index in [1.807, 2.05) is 0 Å². The summed E-state index contributed by atoms with van der Waals surface area (Å²) in [4.78, 5) is 2.73. The van der Waals surface area contributed by atoms with Crippen molar-refractivity contribution in [3.05, 3.63) is 35.4 Å². The van der Waals surface area contributed by atoms with Crippen LogP contribution >= 0.6 is 0 Å². The summed E-state index contributed by atoms with van der Waals surface area (Å²) in [6, 6.07) is 10.2. The molecule has 1 aromatic carbocycles. The molecule has 1 aromatic rings. The number of nitrogens with one attached hydrogen (secondary N) is 1. The molecule has 1 N–H and O–H groups in total. The van der Waals surface area contributed by atoms with Crippen LogP contribution in [0, 0.1) is 5.92 Å². The van der Waals surface area contributed by atoms with E-state index in [0.717, 1.165) is 12.5 Å². The SMILES string of the molecule is CCNC1c2ccccc2CCC1N1CCC(C)C1. The van der Waals surface area contributed by atoms with Crippen LogP contribution in [0.2, 0.25) is 0 Å². The lowest BCUT2D eigenvalue weighted by molar-refractivity contribution is 0.168. The van der Waals surface area contributed by atoms with E-state index < -0.39 is 0 Å². The molecule has 3 rings (SSSR count). The fourth-order valence-electron chi connectivity index (χ4n) is 3.87. The molecule has 0 saturated carbocycles. The molecule has 104 valence electrons. The van der Waals surface area contributed by atoms with Crippen LogP contribution in [0.25, 0.3) is 0 Å². The minimum absolute atomic E-state index is 0.528. The Hall–Kier alpha value is -0.860. The summed E-state index contributed by atoms with van der Waals surface area (Å²) in [5, 5.41) is 3.74. The maximum absolute atomic E-state index is 3.74. The predicted octanol–water partition coefficient (Wildman–Crippen LogP) is 2.99. The van der Waals surface area contributed by atoms with Crippen LogP contribution in [-0.2, 0) is 6.42 Å². The van der Waals surface area contributed by atoms with Crippen molar-refractivity contribution in [2.24, 2.45) is 5.92 Å². The summed E-state index contributed by atoms with van der Waals surface area (Å²) in [7, 11) is 0. The number of hydrogen-bond acceptors (Lipinski definition) is 2. The zero-order valence-corrected chi connectivity index (χ0v) is 12.2. The van der Waals surface area contributed by atoms with Crippen molar-refractivity contribution in [1.82, 2.24) is 10.2 Å². The van der Waals surface area contributed by atoms with Crippen LogP contribution in [0.4, 0.5) is 0 Å². The van der Waals surface area contributed by atoms with Gasteiger partial charge >= 0.3 is 0 Å². The monoisotopic (exact) mass is 258 g/mol. The maximum Gasteiger partial charge on any atom is 0.0480 e. The maximum atomic E-state index is 3.74. The van der Waals surface area contributed by atoms with Crippen molar-refractivity contribution in [2.45, 2.75) is 45.2 Å².